The van der Waals surface area contributed by atoms with E-state index < -0.39 is 17.4 Å². The highest BCUT2D eigenvalue weighted by Gasteiger charge is 2.39. The Balaban J connectivity index is 1.41. The minimum atomic E-state index is -0.899. The second-order valence-electron chi connectivity index (χ2n) is 12.4. The van der Waals surface area contributed by atoms with Crippen LogP contribution in [0, 0.1) is 11.3 Å². The van der Waals surface area contributed by atoms with Crippen LogP contribution in [0.1, 0.15) is 48.4 Å². The molecule has 0 bridgehead atoms. The highest BCUT2D eigenvalue weighted by atomic mass is 35.5. The Hall–Kier alpha value is -5.64. The van der Waals surface area contributed by atoms with Crippen molar-refractivity contribution in [1.82, 2.24) is 30.9 Å². The largest absolute Gasteiger partial charge is 0.481 e. The van der Waals surface area contributed by atoms with E-state index in [0.717, 1.165) is 46.5 Å². The molecule has 2 aliphatic rings. The van der Waals surface area contributed by atoms with Crippen molar-refractivity contribution >= 4 is 47.7 Å². The smallest absolute Gasteiger partial charge is 0.303 e. The lowest BCUT2D eigenvalue weighted by Gasteiger charge is -2.35. The van der Waals surface area contributed by atoms with Crippen molar-refractivity contribution in [1.29, 1.82) is 5.26 Å². The van der Waals surface area contributed by atoms with Crippen LogP contribution in [-0.4, -0.2) is 44.9 Å². The molecule has 5 N–H and O–H groups in total. The van der Waals surface area contributed by atoms with Crippen molar-refractivity contribution in [2.75, 3.05) is 10.6 Å². The minimum absolute atomic E-state index is 0.0545. The monoisotopic (exact) mass is 669 g/mol. The van der Waals surface area contributed by atoms with Crippen molar-refractivity contribution in [2.45, 2.75) is 43.2 Å². The number of fused-ring (bicyclic) bond motifs is 1. The molecule has 11 nitrogen and oxygen atoms in total. The molecule has 13 heteroatoms. The molecule has 0 amide bonds. The molecule has 1 unspecified atom stereocenters. The van der Waals surface area contributed by atoms with Crippen molar-refractivity contribution in [3.63, 3.8) is 0 Å². The standard InChI is InChI=1S/C36H33BClN9O2/c37-36(29-8-4-5-9-30(29)38,32-20-47(46-45-32)26-10-11-26)44-25-14-27(24-17-40-21-41-18-24)35-28(15-25)34(23(16-39)19-42-35)43-31(12-13-33(48)49)22-6-2-1-3-7-22/h1-9,14-15,17-21,26,31,44-46H,10-13,37H2,(H,42,43)(H,48,49)/t31-,36?/m1/s1. The van der Waals surface area contributed by atoms with Gasteiger partial charge in [-0.15, -0.1) is 5.53 Å². The number of carboxylic acid groups (broad SMARTS) is 1. The quantitative estimate of drug-likeness (QED) is 0.108. The van der Waals surface area contributed by atoms with Crippen molar-refractivity contribution in [2.24, 2.45) is 0 Å². The number of carboxylic acids is 1. The molecular weight excluding hydrogens is 637 g/mol. The molecule has 1 aliphatic heterocycles. The maximum absolute atomic E-state index is 11.7. The summed E-state index contributed by atoms with van der Waals surface area (Å²) >= 11 is 6.88. The molecule has 7 rings (SSSR count). The highest BCUT2D eigenvalue weighted by Crippen LogP contribution is 2.41. The van der Waals surface area contributed by atoms with Crippen LogP contribution in [0.2, 0.25) is 5.02 Å². The van der Waals surface area contributed by atoms with Crippen LogP contribution in [0.25, 0.3) is 22.0 Å². The second kappa shape index (κ2) is 13.5. The maximum atomic E-state index is 11.7. The van der Waals surface area contributed by atoms with Gasteiger partial charge in [0.05, 0.1) is 33.9 Å². The van der Waals surface area contributed by atoms with Gasteiger partial charge in [0.15, 0.2) is 0 Å². The van der Waals surface area contributed by atoms with E-state index in [1.807, 2.05) is 66.7 Å². The number of aromatic nitrogens is 3. The van der Waals surface area contributed by atoms with E-state index in [1.165, 1.54) is 6.33 Å². The fourth-order valence-corrected chi connectivity index (χ4v) is 6.61. The summed E-state index contributed by atoms with van der Waals surface area (Å²) in [4.78, 5) is 25.0. The third kappa shape index (κ3) is 6.59. The van der Waals surface area contributed by atoms with Crippen LogP contribution in [0.4, 0.5) is 11.4 Å². The Morgan fingerprint density at radius 2 is 1.88 bits per heavy atom. The Morgan fingerprint density at radius 3 is 2.59 bits per heavy atom. The molecule has 1 saturated carbocycles. The number of carbonyl (C=O) groups is 1. The molecular formula is C36H33BClN9O2. The predicted molar refractivity (Wildman–Crippen MR) is 192 cm³/mol. The zero-order valence-corrected chi connectivity index (χ0v) is 27.4. The first-order chi connectivity index (χ1) is 23.8. The molecule has 49 heavy (non-hydrogen) atoms. The van der Waals surface area contributed by atoms with Gasteiger partial charge < -0.3 is 21.2 Å². The van der Waals surface area contributed by atoms with Gasteiger partial charge in [-0.1, -0.05) is 60.1 Å². The highest BCUT2D eigenvalue weighted by molar-refractivity contribution is 6.33. The van der Waals surface area contributed by atoms with Crippen LogP contribution >= 0.6 is 11.6 Å². The summed E-state index contributed by atoms with van der Waals surface area (Å²) in [6, 6.07) is 23.7. The lowest BCUT2D eigenvalue weighted by atomic mass is 9.69. The van der Waals surface area contributed by atoms with Gasteiger partial charge >= 0.3 is 5.97 Å². The third-order valence-corrected chi connectivity index (χ3v) is 9.33. The van der Waals surface area contributed by atoms with Gasteiger partial charge in [-0.2, -0.15) is 5.26 Å². The van der Waals surface area contributed by atoms with Gasteiger partial charge in [0.25, 0.3) is 0 Å². The average Bonchev–Trinajstić information content (AvgIpc) is 3.85. The molecule has 1 aliphatic carbocycles. The molecule has 0 radical (unpaired) electrons. The molecule has 3 heterocycles. The first kappa shape index (κ1) is 31.9. The number of anilines is 2. The predicted octanol–water partition coefficient (Wildman–Crippen LogP) is 5.46. The fourth-order valence-electron chi connectivity index (χ4n) is 6.29. The van der Waals surface area contributed by atoms with E-state index >= 15 is 0 Å². The van der Waals surface area contributed by atoms with Crippen LogP contribution in [0.5, 0.6) is 0 Å². The number of aliphatic carboxylic acids is 1. The van der Waals surface area contributed by atoms with E-state index in [2.05, 4.69) is 56.7 Å². The number of nitriles is 1. The first-order valence-electron chi connectivity index (χ1n) is 16.0. The van der Waals surface area contributed by atoms with Gasteiger partial charge in [-0.25, -0.2) is 9.97 Å². The number of halogens is 1. The zero-order valence-electron chi connectivity index (χ0n) is 26.7. The van der Waals surface area contributed by atoms with Gasteiger partial charge in [0.2, 0.25) is 0 Å². The van der Waals surface area contributed by atoms with Crippen molar-refractivity contribution < 1.29 is 9.90 Å². The molecule has 2 atom stereocenters. The fraction of sp³-hybridized carbons (Fsp3) is 0.194. The maximum Gasteiger partial charge on any atom is 0.303 e. The number of benzene rings is 3. The Bertz CT molecular complexity index is 2090. The molecule has 5 aromatic rings. The zero-order chi connectivity index (χ0) is 34.0. The summed E-state index contributed by atoms with van der Waals surface area (Å²) in [6.07, 6.45) is 11.0. The molecule has 0 saturated heterocycles. The molecule has 1 fully saturated rings. The number of hydrogen-bond acceptors (Lipinski definition) is 10. The van der Waals surface area contributed by atoms with E-state index in [-0.39, 0.29) is 6.42 Å². The number of nitrogens with zero attached hydrogens (tertiary/aromatic N) is 5. The van der Waals surface area contributed by atoms with Crippen LogP contribution < -0.4 is 21.6 Å². The summed E-state index contributed by atoms with van der Waals surface area (Å²) in [5, 5.41) is 30.6. The van der Waals surface area contributed by atoms with Crippen LogP contribution in [0.15, 0.2) is 104 Å². The summed E-state index contributed by atoms with van der Waals surface area (Å²) in [7, 11) is 2.07. The SMILES string of the molecule is BC(Nc1cc(-c2cncnc2)c2ncc(C#N)c(N[C@H](CCC(=O)O)c3ccccc3)c2c1)(C1=CN(C2CC2)NN1)c1ccccc1Cl. The Morgan fingerprint density at radius 1 is 1.12 bits per heavy atom. The molecule has 3 aromatic carbocycles. The van der Waals surface area contributed by atoms with Gasteiger partial charge in [0, 0.05) is 64.5 Å². The third-order valence-electron chi connectivity index (χ3n) is 9.00. The average molecular weight is 670 g/mol. The lowest BCUT2D eigenvalue weighted by molar-refractivity contribution is -0.137. The van der Waals surface area contributed by atoms with Crippen molar-refractivity contribution in [3.05, 3.63) is 125 Å². The Labute approximate surface area is 289 Å². The molecule has 2 aromatic heterocycles. The van der Waals surface area contributed by atoms with E-state index in [1.54, 1.807) is 18.6 Å². The number of hydrogen-bond donors (Lipinski definition) is 5. The first-order valence-corrected chi connectivity index (χ1v) is 16.4. The van der Waals surface area contributed by atoms with Gasteiger partial charge in [-0.05, 0) is 48.6 Å². The number of hydrazine groups is 2. The van der Waals surface area contributed by atoms with Crippen LogP contribution in [0.3, 0.4) is 0 Å². The van der Waals surface area contributed by atoms with E-state index in [4.69, 9.17) is 16.6 Å². The van der Waals surface area contributed by atoms with Gasteiger partial charge in [0.1, 0.15) is 20.2 Å². The molecule has 244 valence electrons. The van der Waals surface area contributed by atoms with E-state index in [0.29, 0.717) is 39.6 Å². The van der Waals surface area contributed by atoms with Crippen LogP contribution in [-0.2, 0) is 10.2 Å². The number of pyridine rings is 1. The number of rotatable bonds is 12. The summed E-state index contributed by atoms with van der Waals surface area (Å²) in [5.41, 5.74) is 12.2. The minimum Gasteiger partial charge on any atom is -0.481 e. The summed E-state index contributed by atoms with van der Waals surface area (Å²) in [6.45, 7) is 0. The van der Waals surface area contributed by atoms with Crippen molar-refractivity contribution in [3.8, 4) is 17.2 Å². The summed E-state index contributed by atoms with van der Waals surface area (Å²) < 4.78 is 0. The lowest BCUT2D eigenvalue weighted by Crippen LogP contribution is -2.45. The molecule has 0 spiro atoms. The van der Waals surface area contributed by atoms with E-state index in [9.17, 15) is 15.2 Å². The normalized spacial score (nSPS) is 15.8. The van der Waals surface area contributed by atoms with Gasteiger partial charge in [-0.3, -0.25) is 14.8 Å². The number of nitrogens with one attached hydrogen (secondary N) is 4. The Kier molecular flexibility index (Phi) is 8.78. The summed E-state index contributed by atoms with van der Waals surface area (Å²) in [5.74, 6) is -0.899. The topological polar surface area (TPSA) is 151 Å². The second-order valence-corrected chi connectivity index (χ2v) is 12.8.